The number of fused-ring (bicyclic) bond motifs is 1. The number of aromatic nitrogens is 1. The van der Waals surface area contributed by atoms with Crippen LogP contribution in [0, 0.1) is 0 Å². The molecule has 1 saturated heterocycles. The number of furan rings is 1. The molecule has 0 atom stereocenters. The molecule has 0 unspecified atom stereocenters. The lowest BCUT2D eigenvalue weighted by Gasteiger charge is -2.39. The van der Waals surface area contributed by atoms with Crippen LogP contribution in [0.1, 0.15) is 19.6 Å². The molecule has 3 heterocycles. The normalized spacial score (nSPS) is 18.9. The summed E-state index contributed by atoms with van der Waals surface area (Å²) in [6, 6.07) is 11.9. The minimum Gasteiger partial charge on any atom is -0.457 e. The van der Waals surface area contributed by atoms with Crippen molar-refractivity contribution in [1.29, 1.82) is 0 Å². The summed E-state index contributed by atoms with van der Waals surface area (Å²) in [6.07, 6.45) is 0. The molecule has 4 rings (SSSR count). The Morgan fingerprint density at radius 1 is 1.31 bits per heavy atom. The first kappa shape index (κ1) is 19.9. The molecular weight excluding hydrogens is 408 g/mol. The van der Waals surface area contributed by atoms with Gasteiger partial charge >= 0.3 is 0 Å². The van der Waals surface area contributed by atoms with Crippen LogP contribution in [0.2, 0.25) is 0 Å². The third kappa shape index (κ3) is 3.89. The van der Waals surface area contributed by atoms with Crippen LogP contribution in [0.3, 0.4) is 0 Å². The van der Waals surface area contributed by atoms with Gasteiger partial charge in [0.05, 0.1) is 27.3 Å². The Bertz CT molecular complexity index is 1130. The molecule has 0 bridgehead atoms. The lowest BCUT2D eigenvalue weighted by Crippen LogP contribution is -2.57. The minimum atomic E-state index is -3.09. The van der Waals surface area contributed by atoms with Gasteiger partial charge in [-0.15, -0.1) is 11.3 Å². The third-order valence-electron chi connectivity index (χ3n) is 5.14. The number of hydrogen-bond donors (Lipinski definition) is 1. The molecule has 9 heteroatoms. The molecule has 1 aromatic carbocycles. The van der Waals surface area contributed by atoms with Crippen LogP contribution in [0.5, 0.6) is 0 Å². The topological polar surface area (TPSA) is 87.8 Å². The fraction of sp³-hybridized carbons (Fsp3) is 0.400. The van der Waals surface area contributed by atoms with E-state index in [9.17, 15) is 8.42 Å². The van der Waals surface area contributed by atoms with Crippen molar-refractivity contribution in [3.63, 3.8) is 0 Å². The van der Waals surface area contributed by atoms with E-state index in [4.69, 9.17) is 4.42 Å². The van der Waals surface area contributed by atoms with Gasteiger partial charge in [-0.2, -0.15) is 0 Å². The molecule has 1 fully saturated rings. The second-order valence-electron chi connectivity index (χ2n) is 7.65. The van der Waals surface area contributed by atoms with E-state index in [0.717, 1.165) is 26.7 Å². The summed E-state index contributed by atoms with van der Waals surface area (Å²) in [5.41, 5.74) is 0.964. The number of guanidine groups is 1. The number of aliphatic imine (C=N–C) groups is 1. The van der Waals surface area contributed by atoms with Crippen LogP contribution in [-0.4, -0.2) is 54.9 Å². The Morgan fingerprint density at radius 3 is 2.83 bits per heavy atom. The molecule has 1 N–H and O–H groups in total. The van der Waals surface area contributed by atoms with Crippen LogP contribution in [0.15, 0.2) is 45.8 Å². The fourth-order valence-electron chi connectivity index (χ4n) is 3.39. The zero-order chi connectivity index (χ0) is 20.6. The van der Waals surface area contributed by atoms with E-state index in [2.05, 4.69) is 15.3 Å². The van der Waals surface area contributed by atoms with E-state index in [1.165, 1.54) is 0 Å². The summed E-state index contributed by atoms with van der Waals surface area (Å²) >= 11 is 1.60. The molecule has 2 aromatic heterocycles. The van der Waals surface area contributed by atoms with E-state index < -0.39 is 14.6 Å². The van der Waals surface area contributed by atoms with Crippen LogP contribution in [-0.2, 0) is 16.4 Å². The summed E-state index contributed by atoms with van der Waals surface area (Å²) in [5.74, 6) is 2.31. The molecule has 0 saturated carbocycles. The molecule has 29 heavy (non-hydrogen) atoms. The van der Waals surface area contributed by atoms with Crippen LogP contribution in [0.4, 0.5) is 0 Å². The van der Waals surface area contributed by atoms with Gasteiger partial charge in [-0.3, -0.25) is 4.99 Å². The average molecular weight is 433 g/mol. The average Bonchev–Trinajstić information content (AvgIpc) is 3.31. The van der Waals surface area contributed by atoms with Crippen LogP contribution in [0.25, 0.3) is 21.0 Å². The fourth-order valence-corrected chi connectivity index (χ4v) is 5.68. The highest BCUT2D eigenvalue weighted by Crippen LogP contribution is 2.31. The van der Waals surface area contributed by atoms with Gasteiger partial charge in [-0.1, -0.05) is 12.1 Å². The molecule has 1 aliphatic heterocycles. The molecule has 7 nitrogen and oxygen atoms in total. The van der Waals surface area contributed by atoms with Gasteiger partial charge in [0.2, 0.25) is 0 Å². The summed E-state index contributed by atoms with van der Waals surface area (Å²) in [4.78, 5) is 10.9. The van der Waals surface area contributed by atoms with Crippen molar-refractivity contribution in [2.24, 2.45) is 4.99 Å². The summed E-state index contributed by atoms with van der Waals surface area (Å²) < 4.78 is 30.8. The van der Waals surface area contributed by atoms with Crippen molar-refractivity contribution >= 4 is 37.4 Å². The first-order valence-electron chi connectivity index (χ1n) is 9.42. The Labute approximate surface area is 174 Å². The van der Waals surface area contributed by atoms with Crippen molar-refractivity contribution < 1.29 is 12.8 Å². The molecule has 1 aliphatic rings. The molecule has 0 aliphatic carbocycles. The number of rotatable bonds is 3. The number of hydrogen-bond acceptors (Lipinski definition) is 6. The summed E-state index contributed by atoms with van der Waals surface area (Å²) in [6.45, 7) is 4.82. The highest BCUT2D eigenvalue weighted by Gasteiger charge is 2.40. The van der Waals surface area contributed by atoms with Crippen molar-refractivity contribution in [3.8, 4) is 10.8 Å². The van der Waals surface area contributed by atoms with E-state index in [1.807, 2.05) is 41.3 Å². The smallest absolute Gasteiger partial charge is 0.194 e. The van der Waals surface area contributed by atoms with E-state index in [-0.39, 0.29) is 5.75 Å². The second-order valence-corrected chi connectivity index (χ2v) is 11.4. The first-order chi connectivity index (χ1) is 13.8. The van der Waals surface area contributed by atoms with Gasteiger partial charge in [0.1, 0.15) is 5.76 Å². The SMILES string of the molecule is CN=C(NCc1ccc(-c2nc3ccccc3s2)o1)N1CCS(=O)(=O)C(C)(C)C1. The predicted octanol–water partition coefficient (Wildman–Crippen LogP) is 3.14. The number of thiazole rings is 1. The number of para-hydroxylation sites is 1. The minimum absolute atomic E-state index is 0.128. The third-order valence-corrected chi connectivity index (χ3v) is 8.73. The highest BCUT2D eigenvalue weighted by atomic mass is 32.2. The summed E-state index contributed by atoms with van der Waals surface area (Å²) in [5, 5.41) is 4.13. The maximum Gasteiger partial charge on any atom is 0.194 e. The van der Waals surface area contributed by atoms with Crippen molar-refractivity contribution in [2.45, 2.75) is 25.1 Å². The molecule has 0 amide bonds. The van der Waals surface area contributed by atoms with Gasteiger partial charge in [-0.05, 0) is 38.1 Å². The Morgan fingerprint density at radius 2 is 2.10 bits per heavy atom. The van der Waals surface area contributed by atoms with Gasteiger partial charge in [0.25, 0.3) is 0 Å². The van der Waals surface area contributed by atoms with Crippen LogP contribution >= 0.6 is 11.3 Å². The van der Waals surface area contributed by atoms with E-state index in [1.54, 1.807) is 32.2 Å². The predicted molar refractivity (Wildman–Crippen MR) is 117 cm³/mol. The van der Waals surface area contributed by atoms with Gasteiger partial charge in [0.15, 0.2) is 26.6 Å². The largest absolute Gasteiger partial charge is 0.457 e. The van der Waals surface area contributed by atoms with E-state index >= 15 is 0 Å². The van der Waals surface area contributed by atoms with Crippen molar-refractivity contribution in [1.82, 2.24) is 15.2 Å². The lowest BCUT2D eigenvalue weighted by molar-refractivity contribution is 0.351. The second kappa shape index (κ2) is 7.46. The molecule has 0 spiro atoms. The number of nitrogens with one attached hydrogen (secondary N) is 1. The number of benzene rings is 1. The van der Waals surface area contributed by atoms with Crippen molar-refractivity contribution in [3.05, 3.63) is 42.2 Å². The summed E-state index contributed by atoms with van der Waals surface area (Å²) in [7, 11) is -1.39. The zero-order valence-corrected chi connectivity index (χ0v) is 18.3. The Hall–Kier alpha value is -2.39. The Balaban J connectivity index is 1.44. The van der Waals surface area contributed by atoms with Crippen molar-refractivity contribution in [2.75, 3.05) is 25.9 Å². The zero-order valence-electron chi connectivity index (χ0n) is 16.7. The number of sulfone groups is 1. The monoisotopic (exact) mass is 432 g/mol. The quantitative estimate of drug-likeness (QED) is 0.505. The molecule has 0 radical (unpaired) electrons. The van der Waals surface area contributed by atoms with Crippen LogP contribution < -0.4 is 5.32 Å². The first-order valence-corrected chi connectivity index (χ1v) is 11.9. The van der Waals surface area contributed by atoms with Gasteiger partial charge in [-0.25, -0.2) is 13.4 Å². The van der Waals surface area contributed by atoms with E-state index in [0.29, 0.717) is 25.6 Å². The molecule has 154 valence electrons. The lowest BCUT2D eigenvalue weighted by atomic mass is 10.2. The standard InChI is InChI=1S/C20H24N4O3S2/c1-20(2)13-24(10-11-29(20,25)26)19(21-3)22-12-14-8-9-16(27-14)18-23-15-6-4-5-7-17(15)28-18/h4-9H,10-13H2,1-3H3,(H,21,22). The maximum absolute atomic E-state index is 12.2. The number of nitrogens with zero attached hydrogens (tertiary/aromatic N) is 3. The van der Waals surface area contributed by atoms with Gasteiger partial charge < -0.3 is 14.6 Å². The Kier molecular flexibility index (Phi) is 5.12. The molecule has 3 aromatic rings. The molecular formula is C20H24N4O3S2. The van der Waals surface area contributed by atoms with Gasteiger partial charge in [0, 0.05) is 20.1 Å². The maximum atomic E-state index is 12.2. The highest BCUT2D eigenvalue weighted by molar-refractivity contribution is 7.92.